The molecule has 0 aliphatic carbocycles. The van der Waals surface area contributed by atoms with Crippen LogP contribution in [0.15, 0.2) is 0 Å². The molecule has 1 unspecified atom stereocenters. The second kappa shape index (κ2) is 5.98. The Labute approximate surface area is 84.4 Å². The number of hydrogen-bond donors (Lipinski definition) is 2. The van der Waals surface area contributed by atoms with Crippen LogP contribution in [0.2, 0.25) is 0 Å². The van der Waals surface area contributed by atoms with Crippen LogP contribution in [-0.2, 0) is 14.6 Å². The van der Waals surface area contributed by atoms with E-state index in [0.29, 0.717) is 13.0 Å². The first-order valence-corrected chi connectivity index (χ1v) is 6.50. The summed E-state index contributed by atoms with van der Waals surface area (Å²) in [5.74, 6) is -0.715. The molecule has 5 nitrogen and oxygen atoms in total. The number of aliphatic carboxylic acids is 1. The van der Waals surface area contributed by atoms with Crippen molar-refractivity contribution < 1.29 is 18.3 Å². The Bertz CT molecular complexity index is 273. The van der Waals surface area contributed by atoms with Crippen molar-refractivity contribution >= 4 is 15.8 Å². The average Bonchev–Trinajstić information content (AvgIpc) is 1.95. The summed E-state index contributed by atoms with van der Waals surface area (Å²) in [6.45, 7) is 2.29. The zero-order valence-corrected chi connectivity index (χ0v) is 9.30. The van der Waals surface area contributed by atoms with E-state index in [1.165, 1.54) is 6.26 Å². The lowest BCUT2D eigenvalue weighted by Gasteiger charge is -2.10. The highest BCUT2D eigenvalue weighted by Gasteiger charge is 2.07. The van der Waals surface area contributed by atoms with Crippen molar-refractivity contribution in [1.82, 2.24) is 5.32 Å². The van der Waals surface area contributed by atoms with Gasteiger partial charge in [0.2, 0.25) is 0 Å². The Morgan fingerprint density at radius 1 is 1.50 bits per heavy atom. The number of carbonyl (C=O) groups is 1. The van der Waals surface area contributed by atoms with Crippen molar-refractivity contribution in [3.63, 3.8) is 0 Å². The van der Waals surface area contributed by atoms with Crippen LogP contribution in [-0.4, -0.2) is 44.1 Å². The van der Waals surface area contributed by atoms with Crippen molar-refractivity contribution in [1.29, 1.82) is 0 Å². The normalized spacial score (nSPS) is 13.9. The van der Waals surface area contributed by atoms with Crippen LogP contribution in [0.25, 0.3) is 0 Å². The van der Waals surface area contributed by atoms with Gasteiger partial charge in [0.1, 0.15) is 9.84 Å². The van der Waals surface area contributed by atoms with E-state index in [4.69, 9.17) is 5.11 Å². The molecule has 0 fully saturated rings. The summed E-state index contributed by atoms with van der Waals surface area (Å²) >= 11 is 0. The van der Waals surface area contributed by atoms with Crippen molar-refractivity contribution in [2.75, 3.05) is 18.6 Å². The molecule has 0 aromatic carbocycles. The Hall–Kier alpha value is -0.620. The monoisotopic (exact) mass is 223 g/mol. The molecule has 0 rings (SSSR count). The SMILES string of the molecule is CC(CC(=O)O)NCCCS(C)(=O)=O. The molecule has 0 aromatic rings. The largest absolute Gasteiger partial charge is 0.481 e. The summed E-state index contributed by atoms with van der Waals surface area (Å²) in [4.78, 5) is 10.3. The molecule has 84 valence electrons. The van der Waals surface area contributed by atoms with E-state index in [1.54, 1.807) is 6.92 Å². The molecule has 0 amide bonds. The van der Waals surface area contributed by atoms with E-state index in [-0.39, 0.29) is 18.2 Å². The van der Waals surface area contributed by atoms with Gasteiger partial charge < -0.3 is 10.4 Å². The molecule has 14 heavy (non-hydrogen) atoms. The van der Waals surface area contributed by atoms with E-state index in [0.717, 1.165) is 0 Å². The molecule has 0 heterocycles. The summed E-state index contributed by atoms with van der Waals surface area (Å²) < 4.78 is 21.5. The molecule has 0 spiro atoms. The molecule has 1 atom stereocenters. The molecule has 0 bridgehead atoms. The van der Waals surface area contributed by atoms with Gasteiger partial charge in [0.25, 0.3) is 0 Å². The molecular weight excluding hydrogens is 206 g/mol. The van der Waals surface area contributed by atoms with Gasteiger partial charge in [-0.2, -0.15) is 0 Å². The summed E-state index contributed by atoms with van der Waals surface area (Å²) in [6, 6.07) is -0.118. The van der Waals surface area contributed by atoms with Crippen LogP contribution < -0.4 is 5.32 Å². The van der Waals surface area contributed by atoms with Gasteiger partial charge in [0.05, 0.1) is 12.2 Å². The third-order valence-corrected chi connectivity index (χ3v) is 2.70. The van der Waals surface area contributed by atoms with E-state index < -0.39 is 15.8 Å². The fourth-order valence-electron chi connectivity index (χ4n) is 1.02. The lowest BCUT2D eigenvalue weighted by molar-refractivity contribution is -0.137. The maximum atomic E-state index is 10.7. The minimum atomic E-state index is -2.90. The minimum absolute atomic E-state index is 0.0544. The van der Waals surface area contributed by atoms with Gasteiger partial charge in [0.15, 0.2) is 0 Å². The van der Waals surface area contributed by atoms with E-state index in [1.807, 2.05) is 0 Å². The van der Waals surface area contributed by atoms with E-state index in [9.17, 15) is 13.2 Å². The van der Waals surface area contributed by atoms with Crippen LogP contribution >= 0.6 is 0 Å². The Kier molecular flexibility index (Phi) is 5.71. The number of sulfone groups is 1. The first kappa shape index (κ1) is 13.4. The first-order valence-electron chi connectivity index (χ1n) is 4.44. The maximum absolute atomic E-state index is 10.7. The standard InChI is InChI=1S/C8H17NO4S/c1-7(6-8(10)11)9-4-3-5-14(2,12)13/h7,9H,3-6H2,1-2H3,(H,10,11). The third kappa shape index (κ3) is 9.47. The number of nitrogens with one attached hydrogen (secondary N) is 1. The Balaban J connectivity index is 3.50. The van der Waals surface area contributed by atoms with Crippen LogP contribution in [0.3, 0.4) is 0 Å². The number of rotatable bonds is 7. The van der Waals surface area contributed by atoms with E-state index in [2.05, 4.69) is 5.32 Å². The maximum Gasteiger partial charge on any atom is 0.304 e. The number of hydrogen-bond acceptors (Lipinski definition) is 4. The van der Waals surface area contributed by atoms with Gasteiger partial charge in [-0.25, -0.2) is 8.42 Å². The first-order chi connectivity index (χ1) is 6.31. The van der Waals surface area contributed by atoms with Gasteiger partial charge in [0, 0.05) is 12.3 Å². The van der Waals surface area contributed by atoms with Crippen molar-refractivity contribution in [2.45, 2.75) is 25.8 Å². The highest BCUT2D eigenvalue weighted by Crippen LogP contribution is 1.92. The van der Waals surface area contributed by atoms with Gasteiger partial charge in [-0.15, -0.1) is 0 Å². The van der Waals surface area contributed by atoms with Crippen molar-refractivity contribution in [3.05, 3.63) is 0 Å². The van der Waals surface area contributed by atoms with Gasteiger partial charge in [-0.1, -0.05) is 0 Å². The van der Waals surface area contributed by atoms with Gasteiger partial charge >= 0.3 is 5.97 Å². The van der Waals surface area contributed by atoms with Crippen LogP contribution in [0.4, 0.5) is 0 Å². The average molecular weight is 223 g/mol. The summed E-state index contributed by atoms with van der Waals surface area (Å²) in [5, 5.41) is 11.4. The summed E-state index contributed by atoms with van der Waals surface area (Å²) in [7, 11) is -2.90. The molecule has 0 aliphatic rings. The molecule has 2 N–H and O–H groups in total. The molecule has 0 radical (unpaired) electrons. The molecule has 6 heteroatoms. The highest BCUT2D eigenvalue weighted by atomic mass is 32.2. The lowest BCUT2D eigenvalue weighted by Crippen LogP contribution is -2.30. The van der Waals surface area contributed by atoms with Gasteiger partial charge in [-0.05, 0) is 19.9 Å². The zero-order valence-electron chi connectivity index (χ0n) is 8.49. The molecule has 0 aromatic heterocycles. The number of carboxylic acids is 1. The predicted octanol–water partition coefficient (Wildman–Crippen LogP) is -0.126. The summed E-state index contributed by atoms with van der Waals surface area (Å²) in [5.41, 5.74) is 0. The van der Waals surface area contributed by atoms with Gasteiger partial charge in [-0.3, -0.25) is 4.79 Å². The van der Waals surface area contributed by atoms with Crippen LogP contribution in [0, 0.1) is 0 Å². The summed E-state index contributed by atoms with van der Waals surface area (Å²) in [6.07, 6.45) is 1.76. The van der Waals surface area contributed by atoms with Crippen molar-refractivity contribution in [3.8, 4) is 0 Å². The minimum Gasteiger partial charge on any atom is -0.481 e. The second-order valence-electron chi connectivity index (χ2n) is 3.44. The Morgan fingerprint density at radius 2 is 2.07 bits per heavy atom. The van der Waals surface area contributed by atoms with Crippen molar-refractivity contribution in [2.24, 2.45) is 0 Å². The highest BCUT2D eigenvalue weighted by molar-refractivity contribution is 7.90. The predicted molar refractivity (Wildman–Crippen MR) is 54.0 cm³/mol. The van der Waals surface area contributed by atoms with E-state index >= 15 is 0 Å². The zero-order chi connectivity index (χ0) is 11.2. The van der Waals surface area contributed by atoms with Crippen LogP contribution in [0.5, 0.6) is 0 Å². The van der Waals surface area contributed by atoms with Crippen LogP contribution in [0.1, 0.15) is 19.8 Å². The third-order valence-electron chi connectivity index (χ3n) is 1.67. The number of carboxylic acid groups (broad SMARTS) is 1. The molecule has 0 saturated heterocycles. The molecular formula is C8H17NO4S. The smallest absolute Gasteiger partial charge is 0.304 e. The molecule has 0 saturated carbocycles. The topological polar surface area (TPSA) is 83.5 Å². The fourth-order valence-corrected chi connectivity index (χ4v) is 1.69. The fraction of sp³-hybridized carbons (Fsp3) is 0.875. The Morgan fingerprint density at radius 3 is 2.50 bits per heavy atom. The lowest BCUT2D eigenvalue weighted by atomic mass is 10.2. The molecule has 0 aliphatic heterocycles. The quantitative estimate of drug-likeness (QED) is 0.588. The second-order valence-corrected chi connectivity index (χ2v) is 5.70.